The zero-order valence-electron chi connectivity index (χ0n) is 17.5. The Bertz CT molecular complexity index is 916. The number of imide groups is 1. The van der Waals surface area contributed by atoms with Gasteiger partial charge in [-0.05, 0) is 42.1 Å². The molecule has 1 fully saturated rings. The van der Waals surface area contributed by atoms with Gasteiger partial charge in [0, 0.05) is 26.3 Å². The number of benzene rings is 2. The van der Waals surface area contributed by atoms with Crippen LogP contribution in [-0.2, 0) is 20.8 Å². The highest BCUT2D eigenvalue weighted by atomic mass is 16.5. The number of anilines is 1. The number of rotatable bonds is 9. The van der Waals surface area contributed by atoms with Crippen molar-refractivity contribution in [2.45, 2.75) is 37.1 Å². The third-order valence-electron chi connectivity index (χ3n) is 5.85. The molecule has 31 heavy (non-hydrogen) atoms. The van der Waals surface area contributed by atoms with Gasteiger partial charge in [0.05, 0.1) is 5.69 Å². The normalized spacial score (nSPS) is 16.7. The number of nitrogens with two attached hydrogens (primary N) is 1. The lowest BCUT2D eigenvalue weighted by Gasteiger charge is -2.41. The Morgan fingerprint density at radius 1 is 1.10 bits per heavy atom. The summed E-state index contributed by atoms with van der Waals surface area (Å²) in [5.74, 6) is -1.39. The maximum absolute atomic E-state index is 13.4. The zero-order chi connectivity index (χ0) is 22.4. The highest BCUT2D eigenvalue weighted by Crippen LogP contribution is 2.37. The summed E-state index contributed by atoms with van der Waals surface area (Å²) in [5.41, 5.74) is 8.99. The van der Waals surface area contributed by atoms with Gasteiger partial charge in [-0.1, -0.05) is 42.5 Å². The second-order valence-corrected chi connectivity index (χ2v) is 7.77. The smallest absolute Gasteiger partial charge is 0.246 e. The van der Waals surface area contributed by atoms with E-state index in [2.05, 4.69) is 10.8 Å². The molecule has 8 nitrogen and oxygen atoms in total. The molecule has 2 aromatic rings. The molecule has 2 atom stereocenters. The van der Waals surface area contributed by atoms with E-state index >= 15 is 0 Å². The van der Waals surface area contributed by atoms with E-state index < -0.39 is 11.4 Å². The van der Waals surface area contributed by atoms with Crippen molar-refractivity contribution < 1.29 is 19.6 Å². The molecule has 1 heterocycles. The Kier molecular flexibility index (Phi) is 7.04. The number of likely N-dealkylation sites (tertiary alicyclic amines) is 1. The van der Waals surface area contributed by atoms with E-state index in [0.29, 0.717) is 5.69 Å². The van der Waals surface area contributed by atoms with Gasteiger partial charge in [-0.3, -0.25) is 30.0 Å². The molecule has 1 saturated heterocycles. The number of nitrogens with one attached hydrogen (secondary N) is 2. The van der Waals surface area contributed by atoms with Crippen molar-refractivity contribution in [3.8, 4) is 0 Å². The van der Waals surface area contributed by atoms with E-state index in [-0.39, 0.29) is 50.0 Å². The molecule has 0 aliphatic carbocycles. The quantitative estimate of drug-likeness (QED) is 0.359. The van der Waals surface area contributed by atoms with E-state index in [1.54, 1.807) is 24.3 Å². The summed E-state index contributed by atoms with van der Waals surface area (Å²) in [6, 6.07) is 16.4. The first-order valence-electron chi connectivity index (χ1n) is 10.3. The van der Waals surface area contributed by atoms with E-state index in [4.69, 9.17) is 10.9 Å². The number of carbonyl (C=O) groups is 3. The Hall–Kier alpha value is -3.23. The molecule has 8 heteroatoms. The Morgan fingerprint density at radius 2 is 1.71 bits per heavy atom. The highest BCUT2D eigenvalue weighted by molar-refractivity contribution is 6.07. The van der Waals surface area contributed by atoms with Crippen LogP contribution in [0.2, 0.25) is 0 Å². The fourth-order valence-electron chi connectivity index (χ4n) is 4.31. The summed E-state index contributed by atoms with van der Waals surface area (Å²) in [7, 11) is 1.51. The van der Waals surface area contributed by atoms with E-state index in [0.717, 1.165) is 16.0 Å². The summed E-state index contributed by atoms with van der Waals surface area (Å²) >= 11 is 0. The average Bonchev–Trinajstić information content (AvgIpc) is 3.15. The van der Waals surface area contributed by atoms with Gasteiger partial charge in [0.25, 0.3) is 0 Å². The molecule has 1 aliphatic heterocycles. The van der Waals surface area contributed by atoms with Gasteiger partial charge < -0.3 is 11.1 Å². The Morgan fingerprint density at radius 3 is 2.23 bits per heavy atom. The molecule has 2 aromatic carbocycles. The van der Waals surface area contributed by atoms with Gasteiger partial charge in [-0.15, -0.1) is 0 Å². The molecular formula is C23H28N4O4. The predicted molar refractivity (Wildman–Crippen MR) is 116 cm³/mol. The third kappa shape index (κ3) is 4.60. The number of carbonyl (C=O) groups excluding carboxylic acids is 3. The van der Waals surface area contributed by atoms with Crippen molar-refractivity contribution in [2.75, 3.05) is 19.1 Å². The second kappa shape index (κ2) is 9.72. The van der Waals surface area contributed by atoms with Crippen molar-refractivity contribution in [1.82, 2.24) is 10.2 Å². The van der Waals surface area contributed by atoms with Crippen molar-refractivity contribution >= 4 is 23.4 Å². The SMILES string of the molecule is CNC(=O)[C@@](Cc1ccccc1)(C[C@@H](CN)c1ccc(NO)cc1)N1C(=O)CCC1=O. The van der Waals surface area contributed by atoms with Gasteiger partial charge in [-0.25, -0.2) is 0 Å². The maximum atomic E-state index is 13.4. The fourth-order valence-corrected chi connectivity index (χ4v) is 4.31. The average molecular weight is 425 g/mol. The minimum absolute atomic E-state index is 0.0938. The molecule has 164 valence electrons. The molecule has 0 saturated carbocycles. The van der Waals surface area contributed by atoms with Crippen LogP contribution in [0.25, 0.3) is 0 Å². The molecule has 5 N–H and O–H groups in total. The number of amides is 3. The van der Waals surface area contributed by atoms with E-state index in [1.807, 2.05) is 30.3 Å². The van der Waals surface area contributed by atoms with Crippen LogP contribution in [0.5, 0.6) is 0 Å². The fraction of sp³-hybridized carbons (Fsp3) is 0.348. The molecule has 0 spiro atoms. The number of likely N-dealkylation sites (N-methyl/N-ethyl adjacent to an activating group) is 1. The molecule has 0 aromatic heterocycles. The summed E-state index contributed by atoms with van der Waals surface area (Å²) in [6.07, 6.45) is 0.562. The third-order valence-corrected chi connectivity index (χ3v) is 5.85. The maximum Gasteiger partial charge on any atom is 0.246 e. The summed E-state index contributed by atoms with van der Waals surface area (Å²) < 4.78 is 0. The first-order chi connectivity index (χ1) is 14.9. The van der Waals surface area contributed by atoms with Gasteiger partial charge in [0.1, 0.15) is 5.54 Å². The van der Waals surface area contributed by atoms with Crippen LogP contribution >= 0.6 is 0 Å². The lowest BCUT2D eigenvalue weighted by molar-refractivity contribution is -0.154. The molecule has 0 unspecified atom stereocenters. The first-order valence-corrected chi connectivity index (χ1v) is 10.3. The zero-order valence-corrected chi connectivity index (χ0v) is 17.5. The summed E-state index contributed by atoms with van der Waals surface area (Å²) in [4.78, 5) is 40.1. The van der Waals surface area contributed by atoms with Crippen LogP contribution in [0, 0.1) is 0 Å². The van der Waals surface area contributed by atoms with Crippen molar-refractivity contribution in [3.63, 3.8) is 0 Å². The number of hydrogen-bond acceptors (Lipinski definition) is 6. The summed E-state index contributed by atoms with van der Waals surface area (Å²) in [6.45, 7) is 0.218. The number of hydrogen-bond donors (Lipinski definition) is 4. The lowest BCUT2D eigenvalue weighted by Crippen LogP contribution is -2.62. The van der Waals surface area contributed by atoms with Crippen LogP contribution in [0.3, 0.4) is 0 Å². The van der Waals surface area contributed by atoms with Crippen molar-refractivity contribution in [3.05, 3.63) is 65.7 Å². The van der Waals surface area contributed by atoms with Gasteiger partial charge >= 0.3 is 0 Å². The van der Waals surface area contributed by atoms with Crippen LogP contribution in [-0.4, -0.2) is 47.0 Å². The molecule has 1 aliphatic rings. The number of nitrogens with zero attached hydrogens (tertiary/aromatic N) is 1. The first kappa shape index (κ1) is 22.5. The predicted octanol–water partition coefficient (Wildman–Crippen LogP) is 1.80. The molecule has 3 rings (SSSR count). The standard InChI is InChI=1S/C23H28N4O4/c1-25-22(30)23(13-16-5-3-2-4-6-16,27-20(28)11-12-21(27)29)14-18(15-24)17-7-9-19(26-31)10-8-17/h2-10,18,26,31H,11-15,24H2,1H3,(H,25,30)/t18-,23+/m0/s1. The minimum Gasteiger partial charge on any atom is -0.357 e. The van der Waals surface area contributed by atoms with Crippen LogP contribution in [0.15, 0.2) is 54.6 Å². The van der Waals surface area contributed by atoms with Crippen LogP contribution < -0.4 is 16.5 Å². The molecule has 0 radical (unpaired) electrons. The van der Waals surface area contributed by atoms with E-state index in [9.17, 15) is 14.4 Å². The second-order valence-electron chi connectivity index (χ2n) is 7.77. The van der Waals surface area contributed by atoms with Crippen molar-refractivity contribution in [1.29, 1.82) is 0 Å². The van der Waals surface area contributed by atoms with Gasteiger partial charge in [0.15, 0.2) is 0 Å². The van der Waals surface area contributed by atoms with E-state index in [1.165, 1.54) is 7.05 Å². The van der Waals surface area contributed by atoms with Crippen molar-refractivity contribution in [2.24, 2.45) is 5.73 Å². The molecule has 3 amide bonds. The summed E-state index contributed by atoms with van der Waals surface area (Å²) in [5, 5.41) is 11.7. The monoisotopic (exact) mass is 424 g/mol. The minimum atomic E-state index is -1.40. The Balaban J connectivity index is 2.08. The van der Waals surface area contributed by atoms with Crippen LogP contribution in [0.1, 0.15) is 36.3 Å². The largest absolute Gasteiger partial charge is 0.357 e. The lowest BCUT2D eigenvalue weighted by atomic mass is 9.77. The Labute approximate surface area is 181 Å². The van der Waals surface area contributed by atoms with Crippen LogP contribution in [0.4, 0.5) is 5.69 Å². The molecule has 0 bridgehead atoms. The van der Waals surface area contributed by atoms with Gasteiger partial charge in [0.2, 0.25) is 17.7 Å². The molecular weight excluding hydrogens is 396 g/mol. The highest BCUT2D eigenvalue weighted by Gasteiger charge is 2.52. The van der Waals surface area contributed by atoms with Gasteiger partial charge in [-0.2, -0.15) is 0 Å². The topological polar surface area (TPSA) is 125 Å².